The first kappa shape index (κ1) is 14.7. The normalized spacial score (nSPS) is 17.4. The van der Waals surface area contributed by atoms with Gasteiger partial charge in [0.2, 0.25) is 0 Å². The van der Waals surface area contributed by atoms with Crippen LogP contribution in [0.15, 0.2) is 0 Å². The predicted molar refractivity (Wildman–Crippen MR) is 66.3 cm³/mol. The summed E-state index contributed by atoms with van der Waals surface area (Å²) in [5, 5.41) is 59.4. The van der Waals surface area contributed by atoms with Crippen LogP contribution in [-0.4, -0.2) is 61.8 Å². The zero-order valence-corrected chi connectivity index (χ0v) is 10.9. The molecule has 2 rings (SSSR count). The Morgan fingerprint density at radius 3 is 1.80 bits per heavy atom. The van der Waals surface area contributed by atoms with Gasteiger partial charge in [-0.2, -0.15) is 0 Å². The van der Waals surface area contributed by atoms with E-state index >= 15 is 0 Å². The summed E-state index contributed by atoms with van der Waals surface area (Å²) in [6.45, 7) is 2.03. The second-order valence-electron chi connectivity index (χ2n) is 4.63. The van der Waals surface area contributed by atoms with Crippen molar-refractivity contribution in [2.75, 3.05) is 26.3 Å². The van der Waals surface area contributed by atoms with Gasteiger partial charge in [-0.3, -0.25) is 0 Å². The minimum Gasteiger partial charge on any atom is -0.504 e. The van der Waals surface area contributed by atoms with E-state index in [-0.39, 0.29) is 31.9 Å². The molecule has 1 saturated heterocycles. The predicted octanol–water partition coefficient (Wildman–Crippen LogP) is -0.755. The van der Waals surface area contributed by atoms with E-state index in [1.165, 1.54) is 6.92 Å². The van der Waals surface area contributed by atoms with Crippen LogP contribution in [0, 0.1) is 6.92 Å². The van der Waals surface area contributed by atoms with E-state index in [2.05, 4.69) is 0 Å². The van der Waals surface area contributed by atoms with Crippen molar-refractivity contribution in [3.8, 4) is 23.0 Å². The molecule has 0 saturated carbocycles. The van der Waals surface area contributed by atoms with Gasteiger partial charge in [0.15, 0.2) is 23.0 Å². The maximum absolute atomic E-state index is 10.2. The zero-order chi connectivity index (χ0) is 15.1. The van der Waals surface area contributed by atoms with Gasteiger partial charge < -0.3 is 35.4 Å². The molecule has 1 aliphatic heterocycles. The summed E-state index contributed by atoms with van der Waals surface area (Å²) < 4.78 is 5.07. The number of hydrogen-bond donors (Lipinski definition) is 6. The number of aromatic hydroxyl groups is 4. The molecule has 0 spiro atoms. The summed E-state index contributed by atoms with van der Waals surface area (Å²) in [5.74, 6) is -5.99. The molecule has 0 unspecified atom stereocenters. The van der Waals surface area contributed by atoms with E-state index in [4.69, 9.17) is 4.74 Å². The van der Waals surface area contributed by atoms with Gasteiger partial charge in [-0.25, -0.2) is 4.90 Å². The minimum atomic E-state index is -2.75. The van der Waals surface area contributed by atoms with Crippen LogP contribution in [-0.2, 0) is 10.6 Å². The quantitative estimate of drug-likeness (QED) is 0.237. The average molecular weight is 287 g/mol. The van der Waals surface area contributed by atoms with E-state index in [0.717, 1.165) is 4.90 Å². The number of rotatable bonds is 2. The Balaban J connectivity index is 2.56. The number of nitrogens with zero attached hydrogens (tertiary/aromatic N) is 1. The molecule has 1 aromatic rings. The lowest BCUT2D eigenvalue weighted by atomic mass is 10.0. The topological polar surface area (TPSA) is 134 Å². The summed E-state index contributed by atoms with van der Waals surface area (Å²) in [7, 11) is 0. The van der Waals surface area contributed by atoms with Gasteiger partial charge in [-0.1, -0.05) is 0 Å². The van der Waals surface area contributed by atoms with Crippen LogP contribution in [0.25, 0.3) is 0 Å². The highest BCUT2D eigenvalue weighted by atomic mass is 16.5. The number of aliphatic hydroxyl groups is 2. The van der Waals surface area contributed by atoms with Crippen molar-refractivity contribution in [2.24, 2.45) is 0 Å². The van der Waals surface area contributed by atoms with E-state index in [1.807, 2.05) is 0 Å². The second kappa shape index (κ2) is 4.98. The van der Waals surface area contributed by atoms with Gasteiger partial charge in [0.1, 0.15) is 5.56 Å². The molecule has 0 aliphatic carbocycles. The Kier molecular flexibility index (Phi) is 3.65. The first-order chi connectivity index (χ1) is 9.28. The third-order valence-corrected chi connectivity index (χ3v) is 3.42. The lowest BCUT2D eigenvalue weighted by Gasteiger charge is -2.38. The highest BCUT2D eigenvalue weighted by Gasteiger charge is 2.42. The first-order valence-corrected chi connectivity index (χ1v) is 6.03. The second-order valence-corrected chi connectivity index (χ2v) is 4.63. The Morgan fingerprint density at radius 2 is 1.35 bits per heavy atom. The molecule has 6 N–H and O–H groups in total. The molecule has 1 heterocycles. The Hall–Kier alpha value is -1.74. The van der Waals surface area contributed by atoms with Gasteiger partial charge in [0, 0.05) is 18.7 Å². The monoisotopic (exact) mass is 287 g/mol. The smallest absolute Gasteiger partial charge is 0.261 e. The SMILES string of the molecule is Cc1c(O)c(O)c(C(O)(O)N2CCOCC2)c(O)c1O. The molecular weight excluding hydrogens is 270 g/mol. The number of phenols is 4. The molecule has 0 bridgehead atoms. The van der Waals surface area contributed by atoms with Gasteiger partial charge in [0.25, 0.3) is 5.91 Å². The summed E-state index contributed by atoms with van der Waals surface area (Å²) in [5.41, 5.74) is -0.929. The van der Waals surface area contributed by atoms with Crippen molar-refractivity contribution in [1.29, 1.82) is 0 Å². The number of morpholine rings is 1. The molecule has 112 valence electrons. The zero-order valence-electron chi connectivity index (χ0n) is 10.9. The molecule has 8 heteroatoms. The molecule has 8 nitrogen and oxygen atoms in total. The van der Waals surface area contributed by atoms with Crippen molar-refractivity contribution in [3.63, 3.8) is 0 Å². The molecule has 1 aromatic carbocycles. The molecule has 0 atom stereocenters. The highest BCUT2D eigenvalue weighted by molar-refractivity contribution is 5.64. The summed E-state index contributed by atoms with van der Waals surface area (Å²) in [4.78, 5) is 1.14. The van der Waals surface area contributed by atoms with Gasteiger partial charge >= 0.3 is 0 Å². The molecule has 20 heavy (non-hydrogen) atoms. The molecule has 0 amide bonds. The lowest BCUT2D eigenvalue weighted by Crippen LogP contribution is -2.51. The van der Waals surface area contributed by atoms with E-state index in [1.54, 1.807) is 0 Å². The van der Waals surface area contributed by atoms with Crippen molar-refractivity contribution < 1.29 is 35.4 Å². The third kappa shape index (κ3) is 2.12. The van der Waals surface area contributed by atoms with Crippen molar-refractivity contribution in [3.05, 3.63) is 11.1 Å². The first-order valence-electron chi connectivity index (χ1n) is 6.03. The number of benzene rings is 1. The van der Waals surface area contributed by atoms with Crippen molar-refractivity contribution >= 4 is 0 Å². The van der Waals surface area contributed by atoms with E-state index in [0.29, 0.717) is 0 Å². The third-order valence-electron chi connectivity index (χ3n) is 3.42. The van der Waals surface area contributed by atoms with Gasteiger partial charge in [-0.05, 0) is 6.92 Å². The Labute approximate surface area is 114 Å². The number of ether oxygens (including phenoxy) is 1. The minimum absolute atomic E-state index is 0.140. The van der Waals surface area contributed by atoms with Crippen LogP contribution in [0.5, 0.6) is 23.0 Å². The fourth-order valence-electron chi connectivity index (χ4n) is 2.17. The molecule has 1 aliphatic rings. The van der Waals surface area contributed by atoms with Crippen LogP contribution in [0.3, 0.4) is 0 Å². The fourth-order valence-corrected chi connectivity index (χ4v) is 2.17. The van der Waals surface area contributed by atoms with Gasteiger partial charge in [0.05, 0.1) is 13.2 Å². The maximum Gasteiger partial charge on any atom is 0.261 e. The lowest BCUT2D eigenvalue weighted by molar-refractivity contribution is -0.288. The standard InChI is InChI=1S/C12H17NO7/c1-6-8(14)10(16)7(11(17)9(6)15)12(18,19)13-2-4-20-5-3-13/h14-19H,2-5H2,1H3. The maximum atomic E-state index is 10.2. The Bertz CT molecular complexity index is 494. The fraction of sp³-hybridized carbons (Fsp3) is 0.500. The van der Waals surface area contributed by atoms with E-state index in [9.17, 15) is 30.6 Å². The molecule has 0 radical (unpaired) electrons. The molecule has 1 fully saturated rings. The van der Waals surface area contributed by atoms with Crippen molar-refractivity contribution in [2.45, 2.75) is 12.8 Å². The molecule has 0 aromatic heterocycles. The number of hydrogen-bond acceptors (Lipinski definition) is 8. The summed E-state index contributed by atoms with van der Waals surface area (Å²) in [6.07, 6.45) is 0. The number of phenolic OH excluding ortho intramolecular Hbond substituents is 4. The molecular formula is C12H17NO7. The van der Waals surface area contributed by atoms with Crippen LogP contribution in [0.2, 0.25) is 0 Å². The summed E-state index contributed by atoms with van der Waals surface area (Å²) >= 11 is 0. The summed E-state index contributed by atoms with van der Waals surface area (Å²) in [6, 6.07) is 0. The van der Waals surface area contributed by atoms with Crippen LogP contribution in [0.4, 0.5) is 0 Å². The van der Waals surface area contributed by atoms with Crippen LogP contribution >= 0.6 is 0 Å². The average Bonchev–Trinajstić information content (AvgIpc) is 2.44. The van der Waals surface area contributed by atoms with Crippen molar-refractivity contribution in [1.82, 2.24) is 4.90 Å². The highest BCUT2D eigenvalue weighted by Crippen LogP contribution is 2.50. The Morgan fingerprint density at radius 1 is 0.900 bits per heavy atom. The largest absolute Gasteiger partial charge is 0.504 e. The van der Waals surface area contributed by atoms with Crippen LogP contribution < -0.4 is 0 Å². The van der Waals surface area contributed by atoms with Gasteiger partial charge in [-0.15, -0.1) is 0 Å². The van der Waals surface area contributed by atoms with E-state index < -0.39 is 34.5 Å². The van der Waals surface area contributed by atoms with Crippen LogP contribution in [0.1, 0.15) is 11.1 Å².